The molecule has 7 heteroatoms. The maximum atomic E-state index is 12.0. The number of ether oxygens (including phenoxy) is 1. The molecular weight excluding hydrogens is 314 g/mol. The second-order valence-electron chi connectivity index (χ2n) is 6.30. The molecule has 3 rings (SSSR count). The van der Waals surface area contributed by atoms with Crippen LogP contribution >= 0.6 is 12.2 Å². The molecule has 0 amide bonds. The van der Waals surface area contributed by atoms with Crippen molar-refractivity contribution in [2.24, 2.45) is 5.92 Å². The Labute approximate surface area is 140 Å². The molecule has 1 aromatic rings. The van der Waals surface area contributed by atoms with Gasteiger partial charge in [0.1, 0.15) is 6.04 Å². The highest BCUT2D eigenvalue weighted by Crippen LogP contribution is 2.34. The highest BCUT2D eigenvalue weighted by atomic mass is 32.1. The lowest BCUT2D eigenvalue weighted by atomic mass is 9.83. The Morgan fingerprint density at radius 1 is 1.39 bits per heavy atom. The van der Waals surface area contributed by atoms with Crippen LogP contribution in [0.1, 0.15) is 25.0 Å². The number of likely N-dealkylation sites (tertiary alicyclic amines) is 1. The van der Waals surface area contributed by atoms with E-state index in [4.69, 9.17) is 17.0 Å². The molecule has 1 saturated heterocycles. The van der Waals surface area contributed by atoms with Gasteiger partial charge in [-0.1, -0.05) is 6.07 Å². The summed E-state index contributed by atoms with van der Waals surface area (Å²) in [4.78, 5) is 25.7. The van der Waals surface area contributed by atoms with Gasteiger partial charge in [-0.05, 0) is 37.5 Å². The van der Waals surface area contributed by atoms with Gasteiger partial charge in [-0.2, -0.15) is 0 Å². The van der Waals surface area contributed by atoms with E-state index in [1.807, 2.05) is 16.7 Å². The highest BCUT2D eigenvalue weighted by molar-refractivity contribution is 7.80. The Kier molecular flexibility index (Phi) is 4.39. The van der Waals surface area contributed by atoms with Crippen molar-refractivity contribution in [3.05, 3.63) is 34.2 Å². The zero-order valence-corrected chi connectivity index (χ0v) is 14.1. The molecule has 0 spiro atoms. The Hall–Kier alpha value is -1.89. The average molecular weight is 335 g/mol. The number of esters is 1. The molecule has 0 radical (unpaired) electrons. The Morgan fingerprint density at radius 2 is 2.17 bits per heavy atom. The summed E-state index contributed by atoms with van der Waals surface area (Å²) in [5.41, 5.74) is 1.16. The number of nitrogens with zero attached hydrogens (tertiary/aromatic N) is 2. The molecule has 1 N–H and O–H groups in total. The highest BCUT2D eigenvalue weighted by Gasteiger charge is 2.35. The first kappa shape index (κ1) is 16.0. The van der Waals surface area contributed by atoms with Gasteiger partial charge in [-0.25, -0.2) is 4.79 Å². The predicted molar refractivity (Wildman–Crippen MR) is 90.3 cm³/mol. The fraction of sp³-hybridized carbons (Fsp3) is 0.562. The number of carbonyl (C=O) groups excluding carboxylic acids is 1. The van der Waals surface area contributed by atoms with Gasteiger partial charge < -0.3 is 19.5 Å². The van der Waals surface area contributed by atoms with Gasteiger partial charge in [0.15, 0.2) is 5.11 Å². The Balaban J connectivity index is 1.74. The van der Waals surface area contributed by atoms with Crippen LogP contribution in [0.3, 0.4) is 0 Å². The van der Waals surface area contributed by atoms with E-state index in [9.17, 15) is 9.59 Å². The number of nitrogens with one attached hydrogen (secondary N) is 1. The normalized spacial score (nSPS) is 23.7. The van der Waals surface area contributed by atoms with Gasteiger partial charge in [0, 0.05) is 37.3 Å². The minimum absolute atomic E-state index is 0.0747. The quantitative estimate of drug-likeness (QED) is 0.634. The molecule has 6 nitrogen and oxygen atoms in total. The van der Waals surface area contributed by atoms with E-state index in [1.165, 1.54) is 7.11 Å². The van der Waals surface area contributed by atoms with E-state index in [-0.39, 0.29) is 11.5 Å². The van der Waals surface area contributed by atoms with Crippen molar-refractivity contribution in [2.75, 3.05) is 20.2 Å². The van der Waals surface area contributed by atoms with Crippen LogP contribution in [0.25, 0.3) is 0 Å². The van der Waals surface area contributed by atoms with Crippen molar-refractivity contribution in [2.45, 2.75) is 31.8 Å². The zero-order valence-electron chi connectivity index (χ0n) is 13.3. The summed E-state index contributed by atoms with van der Waals surface area (Å²) in [6.07, 6.45) is 1.08. The molecule has 2 bridgehead atoms. The van der Waals surface area contributed by atoms with Crippen LogP contribution in [0.15, 0.2) is 23.0 Å². The molecule has 3 atom stereocenters. The van der Waals surface area contributed by atoms with Gasteiger partial charge in [0.05, 0.1) is 7.11 Å². The number of carbonyl (C=O) groups is 1. The summed E-state index contributed by atoms with van der Waals surface area (Å²) in [6, 6.07) is 5.00. The van der Waals surface area contributed by atoms with Crippen LogP contribution in [0, 0.1) is 5.92 Å². The lowest BCUT2D eigenvalue weighted by molar-refractivity contribution is -0.142. The molecule has 0 aliphatic carbocycles. The summed E-state index contributed by atoms with van der Waals surface area (Å²) in [7, 11) is 1.36. The van der Waals surface area contributed by atoms with Crippen LogP contribution in [0.5, 0.6) is 0 Å². The second-order valence-corrected chi connectivity index (χ2v) is 6.68. The first-order valence-corrected chi connectivity index (χ1v) is 8.23. The minimum atomic E-state index is -0.468. The number of methoxy groups -OCH3 is 1. The fourth-order valence-electron chi connectivity index (χ4n) is 3.57. The van der Waals surface area contributed by atoms with Gasteiger partial charge in [0.2, 0.25) is 0 Å². The summed E-state index contributed by atoms with van der Waals surface area (Å²) in [5, 5.41) is 3.61. The number of hydrogen-bond donors (Lipinski definition) is 1. The molecule has 23 heavy (non-hydrogen) atoms. The van der Waals surface area contributed by atoms with E-state index in [2.05, 4.69) is 10.2 Å². The molecule has 0 aromatic carbocycles. The summed E-state index contributed by atoms with van der Waals surface area (Å²) in [5.74, 6) is 0.362. The first-order valence-electron chi connectivity index (χ1n) is 7.82. The fourth-order valence-corrected chi connectivity index (χ4v) is 3.90. The molecule has 0 saturated carbocycles. The largest absolute Gasteiger partial charge is 0.467 e. The molecule has 2 aliphatic heterocycles. The number of aromatic nitrogens is 1. The zero-order chi connectivity index (χ0) is 16.6. The van der Waals surface area contributed by atoms with Crippen molar-refractivity contribution in [3.8, 4) is 0 Å². The number of hydrogen-bond acceptors (Lipinski definition) is 4. The number of thiocarbonyl (C=S) groups is 1. The molecular formula is C16H21N3O3S. The maximum Gasteiger partial charge on any atom is 0.328 e. The van der Waals surface area contributed by atoms with Crippen LogP contribution in [0.2, 0.25) is 0 Å². The van der Waals surface area contributed by atoms with Crippen LogP contribution < -0.4 is 10.9 Å². The monoisotopic (exact) mass is 335 g/mol. The lowest BCUT2D eigenvalue weighted by Gasteiger charge is -2.43. The standard InChI is InChI=1S/C16H21N3O3S/c1-10(15(21)22-2)17-16(23)18-7-11-6-12(9-18)13-4-3-5-14(20)19(13)8-11/h3-5,10-12H,6-9H2,1-2H3,(H,17,23)/t10?,11-,12?/m0/s1. The van der Waals surface area contributed by atoms with Crippen molar-refractivity contribution in [1.82, 2.24) is 14.8 Å². The Morgan fingerprint density at radius 3 is 2.91 bits per heavy atom. The van der Waals surface area contributed by atoms with E-state index in [0.29, 0.717) is 16.9 Å². The van der Waals surface area contributed by atoms with E-state index < -0.39 is 6.04 Å². The van der Waals surface area contributed by atoms with E-state index in [1.54, 1.807) is 13.0 Å². The van der Waals surface area contributed by atoms with E-state index >= 15 is 0 Å². The third kappa shape index (κ3) is 3.10. The minimum Gasteiger partial charge on any atom is -0.467 e. The number of fused-ring (bicyclic) bond motifs is 4. The first-order chi connectivity index (χ1) is 11.0. The van der Waals surface area contributed by atoms with Gasteiger partial charge >= 0.3 is 5.97 Å². The van der Waals surface area contributed by atoms with Crippen molar-refractivity contribution in [3.63, 3.8) is 0 Å². The van der Waals surface area contributed by atoms with Crippen molar-refractivity contribution >= 4 is 23.3 Å². The maximum absolute atomic E-state index is 12.0. The summed E-state index contributed by atoms with van der Waals surface area (Å²) < 4.78 is 6.61. The average Bonchev–Trinajstić information content (AvgIpc) is 2.54. The van der Waals surface area contributed by atoms with Gasteiger partial charge in [-0.15, -0.1) is 0 Å². The molecule has 1 fully saturated rings. The number of piperidine rings is 1. The van der Waals surface area contributed by atoms with Crippen LogP contribution in [0.4, 0.5) is 0 Å². The predicted octanol–water partition coefficient (Wildman–Crippen LogP) is 0.703. The summed E-state index contributed by atoms with van der Waals surface area (Å²) >= 11 is 5.46. The lowest BCUT2D eigenvalue weighted by Crippen LogP contribution is -2.54. The van der Waals surface area contributed by atoms with Crippen LogP contribution in [-0.2, 0) is 16.1 Å². The molecule has 2 aliphatic rings. The second kappa shape index (κ2) is 6.31. The molecule has 124 valence electrons. The summed E-state index contributed by atoms with van der Waals surface area (Å²) in [6.45, 7) is 4.03. The topological polar surface area (TPSA) is 63.6 Å². The number of pyridine rings is 1. The molecule has 2 unspecified atom stereocenters. The molecule has 1 aromatic heterocycles. The SMILES string of the molecule is COC(=O)C(C)NC(=S)N1CC2C[C@@H](C1)Cn1c2cccc1=O. The van der Waals surface area contributed by atoms with E-state index in [0.717, 1.165) is 31.7 Å². The van der Waals surface area contributed by atoms with Gasteiger partial charge in [0.25, 0.3) is 5.56 Å². The third-order valence-electron chi connectivity index (χ3n) is 4.66. The van der Waals surface area contributed by atoms with Crippen molar-refractivity contribution in [1.29, 1.82) is 0 Å². The third-order valence-corrected chi connectivity index (χ3v) is 5.04. The van der Waals surface area contributed by atoms with Crippen LogP contribution in [-0.4, -0.2) is 46.8 Å². The number of rotatable bonds is 2. The van der Waals surface area contributed by atoms with Crippen molar-refractivity contribution < 1.29 is 9.53 Å². The van der Waals surface area contributed by atoms with Gasteiger partial charge in [-0.3, -0.25) is 4.79 Å². The Bertz CT molecular complexity index is 687. The smallest absolute Gasteiger partial charge is 0.328 e. The molecule has 3 heterocycles.